The van der Waals surface area contributed by atoms with Crippen molar-refractivity contribution in [2.24, 2.45) is 0 Å². The van der Waals surface area contributed by atoms with Crippen LogP contribution in [0.4, 0.5) is 0 Å². The number of carbonyl (C=O) groups is 1. The predicted molar refractivity (Wildman–Crippen MR) is 56.3 cm³/mol. The minimum atomic E-state index is -1.54. The van der Waals surface area contributed by atoms with Gasteiger partial charge in [0.15, 0.2) is 0 Å². The highest BCUT2D eigenvalue weighted by molar-refractivity contribution is 5.89. The minimum absolute atomic E-state index is 0.527. The summed E-state index contributed by atoms with van der Waals surface area (Å²) in [6.07, 6.45) is 0.551. The molecule has 0 spiro atoms. The summed E-state index contributed by atoms with van der Waals surface area (Å²) in [5.41, 5.74) is 4.89. The number of ether oxygens (including phenoxy) is 2. The first kappa shape index (κ1) is 14.5. The van der Waals surface area contributed by atoms with Crippen LogP contribution in [-0.2, 0) is 14.3 Å². The Morgan fingerprint density at radius 3 is 2.25 bits per heavy atom. The van der Waals surface area contributed by atoms with E-state index in [9.17, 15) is 9.90 Å². The molecule has 3 N–H and O–H groups in total. The Morgan fingerprint density at radius 2 is 1.94 bits per heavy atom. The number of esters is 1. The minimum Gasteiger partial charge on any atom is -0.547 e. The van der Waals surface area contributed by atoms with Gasteiger partial charge in [-0.05, 0) is 20.3 Å². The van der Waals surface area contributed by atoms with Crippen molar-refractivity contribution < 1.29 is 25.1 Å². The topological polar surface area (TPSA) is 86.2 Å². The van der Waals surface area contributed by atoms with Gasteiger partial charge in [-0.15, -0.1) is 0 Å². The molecule has 0 bridgehead atoms. The van der Waals surface area contributed by atoms with E-state index in [-0.39, 0.29) is 0 Å². The van der Waals surface area contributed by atoms with Gasteiger partial charge in [0.05, 0.1) is 5.95 Å². The van der Waals surface area contributed by atoms with Gasteiger partial charge in [-0.25, -0.2) is 4.79 Å². The molecule has 0 aromatic rings. The summed E-state index contributed by atoms with van der Waals surface area (Å²) in [6, 6.07) is 0. The van der Waals surface area contributed by atoms with Crippen LogP contribution in [-0.4, -0.2) is 11.9 Å². The zero-order valence-electron chi connectivity index (χ0n) is 10.3. The molecule has 0 amide bonds. The van der Waals surface area contributed by atoms with E-state index >= 15 is 0 Å². The molecule has 0 fully saturated rings. The van der Waals surface area contributed by atoms with E-state index in [1.807, 2.05) is 20.8 Å². The van der Waals surface area contributed by atoms with Gasteiger partial charge in [-0.1, -0.05) is 19.1 Å². The van der Waals surface area contributed by atoms with Crippen molar-refractivity contribution in [1.29, 1.82) is 0 Å². The third-order valence-corrected chi connectivity index (χ3v) is 1.84. The lowest BCUT2D eigenvalue weighted by Crippen LogP contribution is -2.74. The number of rotatable bonds is 5. The molecule has 1 atom stereocenters. The highest BCUT2D eigenvalue weighted by atomic mass is 16.8. The lowest BCUT2D eigenvalue weighted by atomic mass is 10.1. The molecular weight excluding hydrogens is 210 g/mol. The van der Waals surface area contributed by atoms with Crippen LogP contribution in [0.2, 0.25) is 0 Å². The summed E-state index contributed by atoms with van der Waals surface area (Å²) in [7, 11) is 0. The van der Waals surface area contributed by atoms with Crippen LogP contribution in [0.1, 0.15) is 34.1 Å². The Labute approximate surface area is 95.5 Å². The standard InChI is InChI=1S/C11H19NO4/c1-6-9(7(2)3)10(14)16-11(5,12)15-8(4)13/h13H,4,6,12H2,1-3,5H3. The van der Waals surface area contributed by atoms with Crippen molar-refractivity contribution in [3.05, 3.63) is 23.7 Å². The maximum absolute atomic E-state index is 11.7. The Balaban J connectivity index is 4.68. The van der Waals surface area contributed by atoms with Gasteiger partial charge in [0, 0.05) is 12.5 Å². The lowest BCUT2D eigenvalue weighted by Gasteiger charge is -2.29. The van der Waals surface area contributed by atoms with Crippen molar-refractivity contribution in [1.82, 2.24) is 0 Å². The zero-order valence-corrected chi connectivity index (χ0v) is 10.3. The van der Waals surface area contributed by atoms with Crippen molar-refractivity contribution >= 4 is 5.97 Å². The predicted octanol–water partition coefficient (Wildman–Crippen LogP) is 0.0397. The molecule has 0 aliphatic rings. The Hall–Kier alpha value is -1.49. The van der Waals surface area contributed by atoms with E-state index in [1.54, 1.807) is 0 Å². The van der Waals surface area contributed by atoms with Gasteiger partial charge < -0.3 is 20.3 Å². The second-order valence-electron chi connectivity index (χ2n) is 3.83. The summed E-state index contributed by atoms with van der Waals surface area (Å²) in [6.45, 7) is 9.88. The molecule has 0 radical (unpaired) electrons. The Kier molecular flexibility index (Phi) is 5.04. The van der Waals surface area contributed by atoms with Crippen molar-refractivity contribution in [2.45, 2.75) is 40.0 Å². The summed E-state index contributed by atoms with van der Waals surface area (Å²) in [5.74, 6) is -2.85. The van der Waals surface area contributed by atoms with Gasteiger partial charge >= 0.3 is 11.9 Å². The summed E-state index contributed by atoms with van der Waals surface area (Å²) < 4.78 is 9.63. The quantitative estimate of drug-likeness (QED) is 0.312. The van der Waals surface area contributed by atoms with E-state index in [1.165, 1.54) is 6.92 Å². The van der Waals surface area contributed by atoms with E-state index in [4.69, 9.17) is 4.74 Å². The smallest absolute Gasteiger partial charge is 0.339 e. The lowest BCUT2D eigenvalue weighted by molar-refractivity contribution is -0.624. The Morgan fingerprint density at radius 1 is 1.44 bits per heavy atom. The molecule has 0 aliphatic heterocycles. The van der Waals surface area contributed by atoms with Crippen LogP contribution in [0.15, 0.2) is 23.7 Å². The molecular formula is C11H19NO4. The largest absolute Gasteiger partial charge is 0.547 e. The molecule has 0 aromatic carbocycles. The first-order valence-corrected chi connectivity index (χ1v) is 4.99. The van der Waals surface area contributed by atoms with E-state index < -0.39 is 17.8 Å². The van der Waals surface area contributed by atoms with Crippen LogP contribution in [0, 0.1) is 0 Å². The van der Waals surface area contributed by atoms with Crippen LogP contribution >= 0.6 is 0 Å². The average Bonchev–Trinajstić information content (AvgIpc) is 1.99. The molecule has 5 heteroatoms. The molecule has 1 unspecified atom stereocenters. The van der Waals surface area contributed by atoms with Crippen molar-refractivity contribution in [2.75, 3.05) is 0 Å². The first-order chi connectivity index (χ1) is 7.19. The second kappa shape index (κ2) is 5.55. The third kappa shape index (κ3) is 4.84. The first-order valence-electron chi connectivity index (χ1n) is 4.99. The molecule has 16 heavy (non-hydrogen) atoms. The molecule has 92 valence electrons. The van der Waals surface area contributed by atoms with Crippen LogP contribution in [0.3, 0.4) is 0 Å². The van der Waals surface area contributed by atoms with E-state index in [2.05, 4.69) is 17.0 Å². The van der Waals surface area contributed by atoms with Gasteiger partial charge in [0.1, 0.15) is 0 Å². The maximum atomic E-state index is 11.7. The monoisotopic (exact) mass is 229 g/mol. The molecule has 0 aliphatic carbocycles. The highest BCUT2D eigenvalue weighted by Gasteiger charge is 2.25. The highest BCUT2D eigenvalue weighted by Crippen LogP contribution is 2.14. The number of hydrogen-bond acceptors (Lipinski definition) is 4. The van der Waals surface area contributed by atoms with Gasteiger partial charge in [-0.3, -0.25) is 0 Å². The fraction of sp³-hybridized carbons (Fsp3) is 0.545. The maximum Gasteiger partial charge on any atom is 0.339 e. The fourth-order valence-corrected chi connectivity index (χ4v) is 1.22. The van der Waals surface area contributed by atoms with Gasteiger partial charge in [-0.2, -0.15) is 0 Å². The summed E-state index contributed by atoms with van der Waals surface area (Å²) >= 11 is 0. The second-order valence-corrected chi connectivity index (χ2v) is 3.83. The third-order valence-electron chi connectivity index (χ3n) is 1.84. The Bertz CT molecular complexity index is 314. The number of carbonyl (C=O) groups excluding carboxylic acids is 1. The van der Waals surface area contributed by atoms with Crippen molar-refractivity contribution in [3.63, 3.8) is 0 Å². The molecule has 5 nitrogen and oxygen atoms in total. The number of quaternary nitrogens is 1. The SMILES string of the molecule is C=C([O-])OC(C)([NH3+])OC(=O)C(CC)=C(C)C. The molecule has 0 aromatic heterocycles. The molecule has 0 saturated carbocycles. The molecule has 0 saturated heterocycles. The van der Waals surface area contributed by atoms with Gasteiger partial charge in [0.2, 0.25) is 0 Å². The zero-order chi connectivity index (χ0) is 12.9. The van der Waals surface area contributed by atoms with Crippen LogP contribution in [0.5, 0.6) is 0 Å². The fourth-order valence-electron chi connectivity index (χ4n) is 1.22. The summed E-state index contributed by atoms with van der Waals surface area (Å²) in [5, 5.41) is 10.6. The van der Waals surface area contributed by atoms with E-state index in [0.29, 0.717) is 12.0 Å². The van der Waals surface area contributed by atoms with E-state index in [0.717, 1.165) is 5.57 Å². The normalized spacial score (nSPS) is 13.6. The molecule has 0 rings (SSSR count). The average molecular weight is 229 g/mol. The van der Waals surface area contributed by atoms with Gasteiger partial charge in [0.25, 0.3) is 0 Å². The molecule has 0 heterocycles. The number of hydrogen-bond donors (Lipinski definition) is 1. The van der Waals surface area contributed by atoms with Crippen molar-refractivity contribution in [3.8, 4) is 0 Å². The summed E-state index contributed by atoms with van der Waals surface area (Å²) in [4.78, 5) is 11.7. The van der Waals surface area contributed by atoms with Crippen LogP contribution < -0.4 is 10.8 Å². The van der Waals surface area contributed by atoms with Crippen LogP contribution in [0.25, 0.3) is 0 Å². The number of allylic oxidation sites excluding steroid dienone is 1.